The molecule has 2 aliphatic rings. The maximum atomic E-state index is 14.5. The number of benzene rings is 2. The number of rotatable bonds is 9. The molecule has 2 aliphatic heterocycles. The van der Waals surface area contributed by atoms with E-state index in [4.69, 9.17) is 14.2 Å². The Labute approximate surface area is 268 Å². The van der Waals surface area contributed by atoms with Crippen LogP contribution in [0.15, 0.2) is 42.5 Å². The van der Waals surface area contributed by atoms with E-state index in [-0.39, 0.29) is 30.4 Å². The van der Waals surface area contributed by atoms with Crippen molar-refractivity contribution in [2.24, 2.45) is 5.92 Å². The normalized spacial score (nSPS) is 19.7. The summed E-state index contributed by atoms with van der Waals surface area (Å²) >= 11 is 0. The van der Waals surface area contributed by atoms with Crippen molar-refractivity contribution >= 4 is 23.6 Å². The van der Waals surface area contributed by atoms with Gasteiger partial charge >= 0.3 is 12.3 Å². The first kappa shape index (κ1) is 35.1. The number of likely N-dealkylation sites (tertiary alicyclic amines) is 1. The fourth-order valence-corrected chi connectivity index (χ4v) is 5.84. The molecule has 2 aromatic carbocycles. The number of nitrogens with one attached hydrogen (secondary N) is 1. The third-order valence-electron chi connectivity index (χ3n) is 8.11. The third-order valence-corrected chi connectivity index (χ3v) is 8.11. The number of alkyl halides is 3. The largest absolute Gasteiger partial charge is 0.476 e. The predicted molar refractivity (Wildman–Crippen MR) is 167 cm³/mol. The van der Waals surface area contributed by atoms with Crippen LogP contribution < -0.4 is 15.0 Å². The number of unbranched alkanes of at least 4 members (excludes halogenated alkanes) is 1. The molecule has 1 saturated heterocycles. The van der Waals surface area contributed by atoms with Crippen LogP contribution in [-0.4, -0.2) is 73.4 Å². The van der Waals surface area contributed by atoms with E-state index in [9.17, 15) is 27.6 Å². The molecule has 12 heteroatoms. The lowest BCUT2D eigenvalue weighted by atomic mass is 9.85. The van der Waals surface area contributed by atoms with Gasteiger partial charge in [-0.2, -0.15) is 13.2 Å². The van der Waals surface area contributed by atoms with Gasteiger partial charge in [-0.15, -0.1) is 0 Å². The van der Waals surface area contributed by atoms with Gasteiger partial charge in [-0.3, -0.25) is 9.59 Å². The Balaban J connectivity index is 1.69. The van der Waals surface area contributed by atoms with Crippen molar-refractivity contribution in [3.63, 3.8) is 0 Å². The molecule has 252 valence electrons. The number of carbonyl (C=O) groups excluding carboxylic acids is 3. The van der Waals surface area contributed by atoms with Crippen molar-refractivity contribution in [3.8, 4) is 5.75 Å². The zero-order valence-corrected chi connectivity index (χ0v) is 27.3. The van der Waals surface area contributed by atoms with E-state index in [0.29, 0.717) is 38.8 Å². The van der Waals surface area contributed by atoms with Crippen LogP contribution in [-0.2, 0) is 26.9 Å². The highest BCUT2D eigenvalue weighted by molar-refractivity contribution is 6.05. The fraction of sp³-hybridized carbons (Fsp3) is 0.559. The lowest BCUT2D eigenvalue weighted by molar-refractivity contribution is -0.138. The van der Waals surface area contributed by atoms with Gasteiger partial charge in [0.25, 0.3) is 11.8 Å². The maximum Gasteiger partial charge on any atom is 0.417 e. The van der Waals surface area contributed by atoms with Crippen molar-refractivity contribution in [2.75, 3.05) is 38.3 Å². The van der Waals surface area contributed by atoms with Crippen LogP contribution in [0.1, 0.15) is 75.4 Å². The minimum Gasteiger partial charge on any atom is -0.476 e. The summed E-state index contributed by atoms with van der Waals surface area (Å²) in [5, 5.41) is 2.83. The molecule has 0 bridgehead atoms. The van der Waals surface area contributed by atoms with E-state index < -0.39 is 52.5 Å². The van der Waals surface area contributed by atoms with Crippen LogP contribution in [0.3, 0.4) is 0 Å². The van der Waals surface area contributed by atoms with Gasteiger partial charge < -0.3 is 29.3 Å². The number of hydrogen-bond acceptors (Lipinski definition) is 6. The highest BCUT2D eigenvalue weighted by atomic mass is 19.4. The Morgan fingerprint density at radius 1 is 1.09 bits per heavy atom. The lowest BCUT2D eigenvalue weighted by Gasteiger charge is -2.40. The van der Waals surface area contributed by atoms with Crippen LogP contribution >= 0.6 is 0 Å². The summed E-state index contributed by atoms with van der Waals surface area (Å²) < 4.78 is 59.9. The Kier molecular flexibility index (Phi) is 10.6. The maximum absolute atomic E-state index is 14.5. The Bertz CT molecular complexity index is 1410. The van der Waals surface area contributed by atoms with E-state index in [1.165, 1.54) is 23.6 Å². The number of ether oxygens (including phenoxy) is 3. The highest BCUT2D eigenvalue weighted by Crippen LogP contribution is 2.44. The Hall–Kier alpha value is -3.80. The third kappa shape index (κ3) is 8.51. The molecule has 0 aliphatic carbocycles. The molecule has 0 spiro atoms. The second-order valence-corrected chi connectivity index (χ2v) is 13.4. The first-order valence-electron chi connectivity index (χ1n) is 15.6. The predicted octanol–water partition coefficient (Wildman–Crippen LogP) is 6.23. The smallest absolute Gasteiger partial charge is 0.417 e. The van der Waals surface area contributed by atoms with Gasteiger partial charge in [0.2, 0.25) is 0 Å². The summed E-state index contributed by atoms with van der Waals surface area (Å²) in [5.41, 5.74) is -2.85. The zero-order valence-electron chi connectivity index (χ0n) is 27.3. The number of carbonyl (C=O) groups is 3. The second kappa shape index (κ2) is 13.9. The van der Waals surface area contributed by atoms with Crippen LogP contribution in [0, 0.1) is 5.92 Å². The molecular formula is C34H44F3N3O6. The standard InChI is InChI=1S/C34H44F3N3O6/c1-32(2,3)46-31(43)39-16-14-23(18-22-12-8-7-9-13-22)26(21-39)38-29(41)24-19-27-28(20-25(24)34(35,36)37)45-33(4,5)30(42)40(27)15-10-11-17-44-6/h7-9,12-13,19-20,23,26H,10-11,14-18,21H2,1-6H3,(H,38,41)/t23-,26+/m1/s1. The number of amides is 3. The monoisotopic (exact) mass is 647 g/mol. The van der Waals surface area contributed by atoms with Gasteiger partial charge in [-0.1, -0.05) is 30.3 Å². The molecule has 0 aromatic heterocycles. The minimum absolute atomic E-state index is 0.0614. The van der Waals surface area contributed by atoms with E-state index in [2.05, 4.69) is 5.32 Å². The van der Waals surface area contributed by atoms with E-state index in [1.54, 1.807) is 27.9 Å². The molecule has 0 saturated carbocycles. The zero-order chi connectivity index (χ0) is 33.9. The fourth-order valence-electron chi connectivity index (χ4n) is 5.84. The average Bonchev–Trinajstić information content (AvgIpc) is 2.96. The van der Waals surface area contributed by atoms with E-state index in [1.807, 2.05) is 30.3 Å². The molecule has 1 N–H and O–H groups in total. The number of fused-ring (bicyclic) bond motifs is 1. The van der Waals surface area contributed by atoms with Crippen LogP contribution in [0.5, 0.6) is 5.75 Å². The number of halogens is 3. The molecule has 0 unspecified atom stereocenters. The number of anilines is 1. The van der Waals surface area contributed by atoms with Crippen molar-refractivity contribution in [1.82, 2.24) is 10.2 Å². The molecule has 2 aromatic rings. The quantitative estimate of drug-likeness (QED) is 0.324. The van der Waals surface area contributed by atoms with Crippen molar-refractivity contribution < 1.29 is 41.8 Å². The molecule has 9 nitrogen and oxygen atoms in total. The van der Waals surface area contributed by atoms with Crippen molar-refractivity contribution in [3.05, 3.63) is 59.2 Å². The summed E-state index contributed by atoms with van der Waals surface area (Å²) in [5.74, 6) is -1.68. The van der Waals surface area contributed by atoms with Crippen LogP contribution in [0.4, 0.5) is 23.7 Å². The first-order valence-corrected chi connectivity index (χ1v) is 15.6. The first-order chi connectivity index (χ1) is 21.5. The summed E-state index contributed by atoms with van der Waals surface area (Å²) in [6.07, 6.45) is -3.24. The molecule has 0 radical (unpaired) electrons. The summed E-state index contributed by atoms with van der Waals surface area (Å²) in [6, 6.07) is 10.8. The summed E-state index contributed by atoms with van der Waals surface area (Å²) in [4.78, 5) is 43.1. The Morgan fingerprint density at radius 3 is 2.41 bits per heavy atom. The topological polar surface area (TPSA) is 97.4 Å². The van der Waals surface area contributed by atoms with Gasteiger partial charge in [-0.25, -0.2) is 4.79 Å². The lowest BCUT2D eigenvalue weighted by Crippen LogP contribution is -2.55. The summed E-state index contributed by atoms with van der Waals surface area (Å²) in [7, 11) is 1.56. The summed E-state index contributed by atoms with van der Waals surface area (Å²) in [6.45, 7) is 9.35. The van der Waals surface area contributed by atoms with Crippen molar-refractivity contribution in [1.29, 1.82) is 0 Å². The molecule has 1 fully saturated rings. The number of nitrogens with zero attached hydrogens (tertiary/aromatic N) is 2. The average molecular weight is 648 g/mol. The molecule has 2 heterocycles. The molecule has 2 atom stereocenters. The van der Waals surface area contributed by atoms with Crippen molar-refractivity contribution in [2.45, 2.75) is 83.7 Å². The molecule has 4 rings (SSSR count). The minimum atomic E-state index is -4.89. The number of piperidine rings is 1. The van der Waals surface area contributed by atoms with Crippen LogP contribution in [0.2, 0.25) is 0 Å². The molecule has 46 heavy (non-hydrogen) atoms. The van der Waals surface area contributed by atoms with Gasteiger partial charge in [0.1, 0.15) is 11.4 Å². The highest BCUT2D eigenvalue weighted by Gasteiger charge is 2.45. The van der Waals surface area contributed by atoms with E-state index >= 15 is 0 Å². The van der Waals surface area contributed by atoms with Gasteiger partial charge in [0.15, 0.2) is 5.60 Å². The Morgan fingerprint density at radius 2 is 1.78 bits per heavy atom. The number of hydrogen-bond donors (Lipinski definition) is 1. The second-order valence-electron chi connectivity index (χ2n) is 13.4. The number of methoxy groups -OCH3 is 1. The van der Waals surface area contributed by atoms with Gasteiger partial charge in [-0.05, 0) is 83.9 Å². The SMILES string of the molecule is COCCCCN1C(=O)C(C)(C)Oc2cc(C(F)(F)F)c(C(=O)N[C@H]3CN(C(=O)OC(C)(C)C)CC[C@@H]3Cc3ccccc3)cc21. The molecular weight excluding hydrogens is 603 g/mol. The van der Waals surface area contributed by atoms with Gasteiger partial charge in [0.05, 0.1) is 22.9 Å². The van der Waals surface area contributed by atoms with Crippen LogP contribution in [0.25, 0.3) is 0 Å². The van der Waals surface area contributed by atoms with E-state index in [0.717, 1.165) is 17.7 Å². The molecule has 3 amide bonds. The van der Waals surface area contributed by atoms with Gasteiger partial charge in [0, 0.05) is 33.4 Å².